The van der Waals surface area contributed by atoms with Gasteiger partial charge in [0, 0.05) is 14.1 Å². The molecule has 0 aliphatic carbocycles. The third-order valence-electron chi connectivity index (χ3n) is 1.45. The molecule has 0 heterocycles. The molecule has 1 aromatic rings. The van der Waals surface area contributed by atoms with Gasteiger partial charge >= 0.3 is 0 Å². The van der Waals surface area contributed by atoms with Gasteiger partial charge < -0.3 is 5.73 Å². The molecule has 0 aromatic heterocycles. The highest BCUT2D eigenvalue weighted by atomic mass is 127. The number of rotatable bonds is 1. The first-order valence-corrected chi connectivity index (χ1v) is 5.19. The van der Waals surface area contributed by atoms with Crippen LogP contribution in [-0.4, -0.2) is 0 Å². The lowest BCUT2D eigenvalue weighted by Crippen LogP contribution is -2.05. The predicted octanol–water partition coefficient (Wildman–Crippen LogP) is 3.07. The lowest BCUT2D eigenvalue weighted by atomic mass is 10.1. The molecule has 1 rings (SSSR count). The van der Waals surface area contributed by atoms with Crippen molar-refractivity contribution in [2.24, 2.45) is 5.73 Å². The monoisotopic (exact) mass is 325 g/mol. The van der Waals surface area contributed by atoms with Gasteiger partial charge in [-0.2, -0.15) is 0 Å². The minimum absolute atomic E-state index is 0.0964. The van der Waals surface area contributed by atoms with Gasteiger partial charge in [-0.1, -0.05) is 15.9 Å². The van der Waals surface area contributed by atoms with Crippen molar-refractivity contribution in [2.75, 3.05) is 0 Å². The van der Waals surface area contributed by atoms with Crippen LogP contribution in [0.3, 0.4) is 0 Å². The van der Waals surface area contributed by atoms with Crippen molar-refractivity contribution in [2.45, 2.75) is 13.0 Å². The Hall–Kier alpha value is 0.390. The third-order valence-corrected chi connectivity index (χ3v) is 2.84. The van der Waals surface area contributed by atoms with Crippen LogP contribution in [0.4, 0.5) is 0 Å². The van der Waals surface area contributed by atoms with E-state index >= 15 is 0 Å². The summed E-state index contributed by atoms with van der Waals surface area (Å²) in [4.78, 5) is 0. The zero-order valence-corrected chi connectivity index (χ0v) is 9.89. The molecule has 1 aromatic carbocycles. The first-order valence-electron chi connectivity index (χ1n) is 3.32. The largest absolute Gasteiger partial charge is 0.324 e. The fourth-order valence-corrected chi connectivity index (χ4v) is 1.99. The molecule has 3 heteroatoms. The maximum atomic E-state index is 5.75. The Morgan fingerprint density at radius 3 is 2.64 bits per heavy atom. The van der Waals surface area contributed by atoms with Gasteiger partial charge in [0.2, 0.25) is 0 Å². The first kappa shape index (κ1) is 9.48. The van der Waals surface area contributed by atoms with Crippen LogP contribution in [0.5, 0.6) is 0 Å². The summed E-state index contributed by atoms with van der Waals surface area (Å²) in [6.07, 6.45) is 0. The topological polar surface area (TPSA) is 26.0 Å². The van der Waals surface area contributed by atoms with Crippen molar-refractivity contribution in [1.29, 1.82) is 0 Å². The Morgan fingerprint density at radius 2 is 2.18 bits per heavy atom. The minimum Gasteiger partial charge on any atom is -0.324 e. The smallest absolute Gasteiger partial charge is 0.0277 e. The first-order chi connectivity index (χ1) is 5.11. The fourth-order valence-electron chi connectivity index (χ4n) is 0.864. The number of halogens is 2. The standard InChI is InChI=1S/C8H9BrIN/c1-5(11)7-4-6(10)2-3-8(7)9/h2-5H,11H2,1H3/t5-/m0/s1. The summed E-state index contributed by atoms with van der Waals surface area (Å²) in [6, 6.07) is 6.27. The van der Waals surface area contributed by atoms with Gasteiger partial charge in [0.25, 0.3) is 0 Å². The Morgan fingerprint density at radius 1 is 1.55 bits per heavy atom. The molecule has 60 valence electrons. The molecule has 0 amide bonds. The van der Waals surface area contributed by atoms with E-state index in [1.165, 1.54) is 3.57 Å². The van der Waals surface area contributed by atoms with Crippen LogP contribution >= 0.6 is 38.5 Å². The molecule has 11 heavy (non-hydrogen) atoms. The molecule has 0 fully saturated rings. The number of benzene rings is 1. The van der Waals surface area contributed by atoms with Gasteiger partial charge in [0.05, 0.1) is 0 Å². The summed E-state index contributed by atoms with van der Waals surface area (Å²) in [5.74, 6) is 0. The van der Waals surface area contributed by atoms with Crippen molar-refractivity contribution in [3.05, 3.63) is 31.8 Å². The molecular formula is C8H9BrIN. The molecule has 0 aliphatic rings. The van der Waals surface area contributed by atoms with Crippen LogP contribution < -0.4 is 5.73 Å². The second-order valence-electron chi connectivity index (χ2n) is 2.45. The van der Waals surface area contributed by atoms with Crippen molar-refractivity contribution in [1.82, 2.24) is 0 Å². The SMILES string of the molecule is C[C@H](N)c1cc(I)ccc1Br. The van der Waals surface area contributed by atoms with Crippen molar-refractivity contribution in [3.8, 4) is 0 Å². The van der Waals surface area contributed by atoms with E-state index in [9.17, 15) is 0 Å². The quantitative estimate of drug-likeness (QED) is 0.789. The highest BCUT2D eigenvalue weighted by Crippen LogP contribution is 2.23. The Balaban J connectivity index is 3.13. The maximum Gasteiger partial charge on any atom is 0.0277 e. The fraction of sp³-hybridized carbons (Fsp3) is 0.250. The average Bonchev–Trinajstić information content (AvgIpc) is 1.94. The Labute approximate surface area is 88.6 Å². The second kappa shape index (κ2) is 3.87. The van der Waals surface area contributed by atoms with Crippen LogP contribution in [0, 0.1) is 3.57 Å². The van der Waals surface area contributed by atoms with Gasteiger partial charge in [0.1, 0.15) is 0 Å². The van der Waals surface area contributed by atoms with Gasteiger partial charge in [-0.15, -0.1) is 0 Å². The summed E-state index contributed by atoms with van der Waals surface area (Å²) in [5, 5.41) is 0. The molecule has 0 radical (unpaired) electrons. The summed E-state index contributed by atoms with van der Waals surface area (Å²) in [7, 11) is 0. The van der Waals surface area contributed by atoms with E-state index in [4.69, 9.17) is 5.73 Å². The molecule has 1 atom stereocenters. The van der Waals surface area contributed by atoms with E-state index in [0.717, 1.165) is 10.0 Å². The van der Waals surface area contributed by atoms with E-state index in [0.29, 0.717) is 0 Å². The normalized spacial score (nSPS) is 13.1. The van der Waals surface area contributed by atoms with Crippen LogP contribution in [0.2, 0.25) is 0 Å². The summed E-state index contributed by atoms with van der Waals surface area (Å²) < 4.78 is 2.31. The van der Waals surface area contributed by atoms with Crippen LogP contribution in [0.15, 0.2) is 22.7 Å². The van der Waals surface area contributed by atoms with E-state index in [-0.39, 0.29) is 6.04 Å². The zero-order valence-electron chi connectivity index (χ0n) is 6.14. The van der Waals surface area contributed by atoms with Crippen molar-refractivity contribution < 1.29 is 0 Å². The van der Waals surface area contributed by atoms with Gasteiger partial charge in [-0.05, 0) is 53.3 Å². The lowest BCUT2D eigenvalue weighted by Gasteiger charge is -2.07. The lowest BCUT2D eigenvalue weighted by molar-refractivity contribution is 0.812. The average molecular weight is 326 g/mol. The van der Waals surface area contributed by atoms with Gasteiger partial charge in [-0.3, -0.25) is 0 Å². The maximum absolute atomic E-state index is 5.75. The van der Waals surface area contributed by atoms with E-state index < -0.39 is 0 Å². The number of nitrogens with two attached hydrogens (primary N) is 1. The van der Waals surface area contributed by atoms with Crippen LogP contribution in [-0.2, 0) is 0 Å². The Bertz CT molecular complexity index is 260. The molecule has 0 saturated heterocycles. The second-order valence-corrected chi connectivity index (χ2v) is 4.55. The molecule has 0 aliphatic heterocycles. The summed E-state index contributed by atoms with van der Waals surface area (Å²) >= 11 is 5.73. The van der Waals surface area contributed by atoms with Gasteiger partial charge in [0.15, 0.2) is 0 Å². The molecular weight excluding hydrogens is 317 g/mol. The highest BCUT2D eigenvalue weighted by molar-refractivity contribution is 14.1. The molecule has 0 saturated carbocycles. The minimum atomic E-state index is 0.0964. The summed E-state index contributed by atoms with van der Waals surface area (Å²) in [6.45, 7) is 1.98. The molecule has 1 nitrogen and oxygen atoms in total. The summed E-state index contributed by atoms with van der Waals surface area (Å²) in [5.41, 5.74) is 6.91. The zero-order chi connectivity index (χ0) is 8.43. The number of hydrogen-bond donors (Lipinski definition) is 1. The molecule has 2 N–H and O–H groups in total. The van der Waals surface area contributed by atoms with Crippen LogP contribution in [0.25, 0.3) is 0 Å². The van der Waals surface area contributed by atoms with E-state index in [2.05, 4.69) is 50.7 Å². The van der Waals surface area contributed by atoms with Crippen LogP contribution in [0.1, 0.15) is 18.5 Å². The van der Waals surface area contributed by atoms with Crippen molar-refractivity contribution >= 4 is 38.5 Å². The molecule has 0 unspecified atom stereocenters. The third kappa shape index (κ3) is 2.42. The highest BCUT2D eigenvalue weighted by Gasteiger charge is 2.03. The van der Waals surface area contributed by atoms with Gasteiger partial charge in [-0.25, -0.2) is 0 Å². The van der Waals surface area contributed by atoms with E-state index in [1.54, 1.807) is 0 Å². The Kier molecular flexibility index (Phi) is 3.33. The molecule has 0 bridgehead atoms. The van der Waals surface area contributed by atoms with E-state index in [1.807, 2.05) is 13.0 Å². The van der Waals surface area contributed by atoms with Crippen molar-refractivity contribution in [3.63, 3.8) is 0 Å². The number of hydrogen-bond acceptors (Lipinski definition) is 1. The molecule has 0 spiro atoms. The predicted molar refractivity (Wildman–Crippen MR) is 59.5 cm³/mol.